The number of methoxy groups -OCH3 is 2. The molecule has 0 saturated carbocycles. The number of ether oxygens (including phenoxy) is 4. The van der Waals surface area contributed by atoms with E-state index in [1.165, 1.54) is 20.3 Å². The van der Waals surface area contributed by atoms with Crippen LogP contribution in [0.2, 0.25) is 0 Å². The van der Waals surface area contributed by atoms with Gasteiger partial charge in [-0.15, -0.1) is 0 Å². The van der Waals surface area contributed by atoms with Gasteiger partial charge in [-0.2, -0.15) is 10.2 Å². The standard InChI is InChI=1S/C37H38N2O8/c1-4-35(40)46-20-8-6-5-7-19-45-32-16-14-28(15-17-32)36(47-42)31-13-12-29-21-26(9-11-30(29)23-31)24-38-39-25-27-10-18-34(43-2)33(22-27)37(41)44-3/h4,9-18,21-25,36,42H,1,5-8,19-20H2,2-3H3/b38-24+,39-25+. The van der Waals surface area contributed by atoms with Crippen molar-refractivity contribution in [1.29, 1.82) is 0 Å². The normalized spacial score (nSPS) is 11.9. The van der Waals surface area contributed by atoms with Gasteiger partial charge in [-0.1, -0.05) is 43.0 Å². The van der Waals surface area contributed by atoms with E-state index in [1.54, 1.807) is 30.6 Å². The first-order chi connectivity index (χ1) is 22.9. The lowest BCUT2D eigenvalue weighted by Gasteiger charge is -2.16. The molecule has 1 unspecified atom stereocenters. The molecule has 0 aromatic heterocycles. The minimum absolute atomic E-state index is 0.304. The fraction of sp³-hybridized carbons (Fsp3) is 0.243. The lowest BCUT2D eigenvalue weighted by Crippen LogP contribution is -2.04. The van der Waals surface area contributed by atoms with Crippen LogP contribution < -0.4 is 9.47 Å². The van der Waals surface area contributed by atoms with E-state index < -0.39 is 18.0 Å². The summed E-state index contributed by atoms with van der Waals surface area (Å²) in [5.41, 5.74) is 3.41. The molecule has 1 atom stereocenters. The summed E-state index contributed by atoms with van der Waals surface area (Å²) < 4.78 is 20.9. The lowest BCUT2D eigenvalue weighted by molar-refractivity contribution is -0.270. The van der Waals surface area contributed by atoms with Gasteiger partial charge in [0.05, 0.1) is 39.9 Å². The van der Waals surface area contributed by atoms with Crippen molar-refractivity contribution in [2.45, 2.75) is 31.8 Å². The number of esters is 2. The van der Waals surface area contributed by atoms with Crippen molar-refractivity contribution in [3.63, 3.8) is 0 Å². The second kappa shape index (κ2) is 18.0. The molecule has 47 heavy (non-hydrogen) atoms. The molecule has 0 bridgehead atoms. The van der Waals surface area contributed by atoms with Gasteiger partial charge in [0.25, 0.3) is 0 Å². The number of fused-ring (bicyclic) bond motifs is 1. The number of nitrogens with zero attached hydrogens (tertiary/aromatic N) is 2. The molecule has 0 fully saturated rings. The van der Waals surface area contributed by atoms with E-state index in [2.05, 4.69) is 16.8 Å². The molecule has 0 radical (unpaired) electrons. The quantitative estimate of drug-likeness (QED) is 0.0318. The van der Waals surface area contributed by atoms with E-state index >= 15 is 0 Å². The van der Waals surface area contributed by atoms with Crippen LogP contribution in [0.25, 0.3) is 10.8 Å². The van der Waals surface area contributed by atoms with Crippen LogP contribution in [0.15, 0.2) is 102 Å². The summed E-state index contributed by atoms with van der Waals surface area (Å²) in [5.74, 6) is 0.259. The SMILES string of the molecule is C=CC(=O)OCCCCCCOc1ccc(C(OO)c2ccc3cc(/C=N/N=C/c4ccc(OC)c(C(=O)OC)c4)ccc3c2)cc1. The average Bonchev–Trinajstić information content (AvgIpc) is 3.11. The van der Waals surface area contributed by atoms with Gasteiger partial charge < -0.3 is 18.9 Å². The first-order valence-electron chi connectivity index (χ1n) is 15.1. The van der Waals surface area contributed by atoms with Crippen LogP contribution in [0, 0.1) is 0 Å². The van der Waals surface area contributed by atoms with Gasteiger partial charge >= 0.3 is 11.9 Å². The lowest BCUT2D eigenvalue weighted by atomic mass is 9.97. The van der Waals surface area contributed by atoms with Crippen LogP contribution in [0.4, 0.5) is 0 Å². The highest BCUT2D eigenvalue weighted by Crippen LogP contribution is 2.30. The first kappa shape index (κ1) is 34.6. The third-order valence-electron chi connectivity index (χ3n) is 7.31. The van der Waals surface area contributed by atoms with Crippen molar-refractivity contribution in [2.75, 3.05) is 27.4 Å². The van der Waals surface area contributed by atoms with E-state index in [0.717, 1.165) is 58.9 Å². The van der Waals surface area contributed by atoms with Crippen molar-refractivity contribution < 1.29 is 38.7 Å². The maximum Gasteiger partial charge on any atom is 0.341 e. The number of hydrogen-bond donors (Lipinski definition) is 1. The van der Waals surface area contributed by atoms with Crippen LogP contribution in [0.5, 0.6) is 11.5 Å². The Labute approximate surface area is 273 Å². The maximum absolute atomic E-state index is 12.0. The van der Waals surface area contributed by atoms with Crippen LogP contribution in [0.1, 0.15) is 64.4 Å². The zero-order valence-corrected chi connectivity index (χ0v) is 26.5. The van der Waals surface area contributed by atoms with E-state index in [-0.39, 0.29) is 0 Å². The summed E-state index contributed by atoms with van der Waals surface area (Å²) in [5, 5.41) is 20.0. The predicted octanol–water partition coefficient (Wildman–Crippen LogP) is 7.34. The zero-order valence-electron chi connectivity index (χ0n) is 26.5. The Morgan fingerprint density at radius 1 is 0.787 bits per heavy atom. The highest BCUT2D eigenvalue weighted by molar-refractivity contribution is 5.95. The number of unbranched alkanes of at least 4 members (excludes halogenated alkanes) is 3. The van der Waals surface area contributed by atoms with Crippen molar-refractivity contribution in [3.8, 4) is 11.5 Å². The summed E-state index contributed by atoms with van der Waals surface area (Å²) in [7, 11) is 2.80. The molecule has 0 aliphatic carbocycles. The Bertz CT molecular complexity index is 1720. The van der Waals surface area contributed by atoms with Crippen LogP contribution >= 0.6 is 0 Å². The summed E-state index contributed by atoms with van der Waals surface area (Å²) in [6.07, 6.45) is 7.30. The number of carbonyl (C=O) groups is 2. The van der Waals surface area contributed by atoms with E-state index in [4.69, 9.17) is 23.8 Å². The topological polar surface area (TPSA) is 125 Å². The summed E-state index contributed by atoms with van der Waals surface area (Å²) >= 11 is 0. The Morgan fingerprint density at radius 3 is 2.11 bits per heavy atom. The first-order valence-corrected chi connectivity index (χ1v) is 15.1. The van der Waals surface area contributed by atoms with E-state index in [1.807, 2.05) is 60.7 Å². The zero-order chi connectivity index (χ0) is 33.4. The van der Waals surface area contributed by atoms with Gasteiger partial charge in [0.2, 0.25) is 0 Å². The summed E-state index contributed by atoms with van der Waals surface area (Å²) in [6, 6.07) is 24.3. The third kappa shape index (κ3) is 10.1. The Kier molecular flexibility index (Phi) is 13.2. The van der Waals surface area contributed by atoms with Crippen molar-refractivity contribution in [2.24, 2.45) is 10.2 Å². The average molecular weight is 639 g/mol. The molecule has 1 N–H and O–H groups in total. The highest BCUT2D eigenvalue weighted by atomic mass is 17.1. The second-order valence-electron chi connectivity index (χ2n) is 10.5. The van der Waals surface area contributed by atoms with Gasteiger partial charge in [0.1, 0.15) is 23.2 Å². The van der Waals surface area contributed by atoms with E-state index in [0.29, 0.717) is 30.1 Å². The molecule has 4 rings (SSSR count). The smallest absolute Gasteiger partial charge is 0.341 e. The fourth-order valence-corrected chi connectivity index (χ4v) is 4.83. The number of benzene rings is 4. The third-order valence-corrected chi connectivity index (χ3v) is 7.31. The number of rotatable bonds is 17. The summed E-state index contributed by atoms with van der Waals surface area (Å²) in [6.45, 7) is 4.36. The van der Waals surface area contributed by atoms with Gasteiger partial charge in [-0.05, 0) is 101 Å². The molecule has 4 aromatic rings. The molecule has 0 aliphatic heterocycles. The molecule has 0 amide bonds. The molecule has 4 aromatic carbocycles. The molecule has 244 valence electrons. The summed E-state index contributed by atoms with van der Waals surface area (Å²) in [4.78, 5) is 27.9. The van der Waals surface area contributed by atoms with Crippen LogP contribution in [-0.4, -0.2) is 57.1 Å². The molecule has 0 saturated heterocycles. The molecule has 0 heterocycles. The van der Waals surface area contributed by atoms with Crippen molar-refractivity contribution in [3.05, 3.63) is 119 Å². The number of carbonyl (C=O) groups excluding carboxylic acids is 2. The van der Waals surface area contributed by atoms with Gasteiger partial charge in [0, 0.05) is 6.08 Å². The molecular formula is C37H38N2O8. The van der Waals surface area contributed by atoms with Crippen molar-refractivity contribution in [1.82, 2.24) is 0 Å². The minimum atomic E-state index is -0.670. The molecule has 10 nitrogen and oxygen atoms in total. The monoisotopic (exact) mass is 638 g/mol. The largest absolute Gasteiger partial charge is 0.496 e. The van der Waals surface area contributed by atoms with Gasteiger partial charge in [0.15, 0.2) is 0 Å². The minimum Gasteiger partial charge on any atom is -0.496 e. The Hall–Kier alpha value is -5.32. The van der Waals surface area contributed by atoms with Gasteiger partial charge in [-0.25, -0.2) is 14.5 Å². The molecule has 0 aliphatic rings. The Balaban J connectivity index is 1.31. The van der Waals surface area contributed by atoms with Crippen molar-refractivity contribution >= 4 is 35.1 Å². The van der Waals surface area contributed by atoms with E-state index in [9.17, 15) is 14.8 Å². The molecular weight excluding hydrogens is 600 g/mol. The second-order valence-corrected chi connectivity index (χ2v) is 10.5. The predicted molar refractivity (Wildman–Crippen MR) is 181 cm³/mol. The highest BCUT2D eigenvalue weighted by Gasteiger charge is 2.16. The number of hydrogen-bond acceptors (Lipinski definition) is 10. The van der Waals surface area contributed by atoms with Crippen LogP contribution in [-0.2, 0) is 19.2 Å². The van der Waals surface area contributed by atoms with Crippen LogP contribution in [0.3, 0.4) is 0 Å². The van der Waals surface area contributed by atoms with Gasteiger partial charge in [-0.3, -0.25) is 5.26 Å². The fourth-order valence-electron chi connectivity index (χ4n) is 4.83. The molecule has 10 heteroatoms. The molecule has 0 spiro atoms. The maximum atomic E-state index is 12.0. The Morgan fingerprint density at radius 2 is 1.43 bits per heavy atom.